The smallest absolute Gasteiger partial charge is 0.332 e. The van der Waals surface area contributed by atoms with Crippen LogP contribution in [0.25, 0.3) is 11.2 Å². The van der Waals surface area contributed by atoms with E-state index in [0.29, 0.717) is 23.7 Å². The Labute approximate surface area is 129 Å². The maximum absolute atomic E-state index is 12.6. The summed E-state index contributed by atoms with van der Waals surface area (Å²) in [6, 6.07) is 0. The number of rotatable bonds is 5. The predicted octanol–water partition coefficient (Wildman–Crippen LogP) is 0.856. The molecule has 0 saturated carbocycles. The van der Waals surface area contributed by atoms with E-state index < -0.39 is 0 Å². The van der Waals surface area contributed by atoms with Gasteiger partial charge in [0.2, 0.25) is 5.95 Å². The molecule has 0 atom stereocenters. The van der Waals surface area contributed by atoms with Crippen molar-refractivity contribution >= 4 is 17.1 Å². The summed E-state index contributed by atoms with van der Waals surface area (Å²) in [6.45, 7) is 11.9. The molecule has 22 heavy (non-hydrogen) atoms. The molecule has 7 heteroatoms. The maximum Gasteiger partial charge on any atom is 0.332 e. The minimum Gasteiger partial charge on any atom is -0.343 e. The lowest BCUT2D eigenvalue weighted by molar-refractivity contribution is 0.699. The van der Waals surface area contributed by atoms with Crippen LogP contribution in [0.15, 0.2) is 21.7 Å². The van der Waals surface area contributed by atoms with Gasteiger partial charge in [-0.15, -0.1) is 0 Å². The van der Waals surface area contributed by atoms with Crippen LogP contribution in [0, 0.1) is 0 Å². The zero-order valence-corrected chi connectivity index (χ0v) is 13.9. The highest BCUT2D eigenvalue weighted by Gasteiger charge is 2.21. The first-order valence-corrected chi connectivity index (χ1v) is 7.39. The highest BCUT2D eigenvalue weighted by atomic mass is 16.2. The highest BCUT2D eigenvalue weighted by molar-refractivity contribution is 5.74. The standard InChI is InChI=1S/C15H23N5O2/c1-7-19(8-2)14-16-12-11(20(14)9-10(3)4)13(21)18(6)15(22)17(12)5/h3,7-9H2,1-2,4-6H3. The van der Waals surface area contributed by atoms with Crippen molar-refractivity contribution in [1.82, 2.24) is 18.7 Å². The van der Waals surface area contributed by atoms with Crippen LogP contribution in [0.3, 0.4) is 0 Å². The molecule has 0 saturated heterocycles. The molecule has 2 heterocycles. The molecule has 2 rings (SSSR count). The lowest BCUT2D eigenvalue weighted by atomic mass is 10.3. The van der Waals surface area contributed by atoms with Crippen molar-refractivity contribution in [3.05, 3.63) is 33.0 Å². The van der Waals surface area contributed by atoms with Gasteiger partial charge < -0.3 is 9.47 Å². The fourth-order valence-corrected chi connectivity index (χ4v) is 2.60. The zero-order chi connectivity index (χ0) is 16.6. The topological polar surface area (TPSA) is 65.1 Å². The molecule has 2 aromatic rings. The minimum atomic E-state index is -0.372. The molecule has 0 aliphatic heterocycles. The molecule has 120 valence electrons. The number of fused-ring (bicyclic) bond motifs is 1. The van der Waals surface area contributed by atoms with E-state index in [0.717, 1.165) is 23.2 Å². The van der Waals surface area contributed by atoms with Crippen LogP contribution < -0.4 is 16.1 Å². The Bertz CT molecular complexity index is 836. The third kappa shape index (κ3) is 2.36. The highest BCUT2D eigenvalue weighted by Crippen LogP contribution is 2.20. The SMILES string of the molecule is C=C(C)Cn1c(N(CC)CC)nc2c1c(=O)n(C)c(=O)n2C. The normalized spacial score (nSPS) is 11.1. The summed E-state index contributed by atoms with van der Waals surface area (Å²) in [5, 5.41) is 0. The van der Waals surface area contributed by atoms with Gasteiger partial charge in [0.1, 0.15) is 0 Å². The van der Waals surface area contributed by atoms with Crippen molar-refractivity contribution in [3.8, 4) is 0 Å². The second-order valence-electron chi connectivity index (χ2n) is 5.51. The van der Waals surface area contributed by atoms with E-state index in [1.54, 1.807) is 7.05 Å². The van der Waals surface area contributed by atoms with Crippen LogP contribution in [-0.2, 0) is 20.6 Å². The van der Waals surface area contributed by atoms with Crippen molar-refractivity contribution in [2.75, 3.05) is 18.0 Å². The van der Waals surface area contributed by atoms with Gasteiger partial charge in [-0.2, -0.15) is 4.98 Å². The molecule has 7 nitrogen and oxygen atoms in total. The zero-order valence-electron chi connectivity index (χ0n) is 13.9. The number of allylic oxidation sites excluding steroid dienone is 1. The summed E-state index contributed by atoms with van der Waals surface area (Å²) in [7, 11) is 3.12. The third-order valence-electron chi connectivity index (χ3n) is 3.80. The molecular weight excluding hydrogens is 282 g/mol. The molecule has 0 spiro atoms. The molecule has 0 aromatic carbocycles. The quantitative estimate of drug-likeness (QED) is 0.768. The van der Waals surface area contributed by atoms with E-state index in [2.05, 4.69) is 16.5 Å². The molecule has 0 fully saturated rings. The Kier molecular flexibility index (Phi) is 4.25. The van der Waals surface area contributed by atoms with Gasteiger partial charge in [0.25, 0.3) is 5.56 Å². The summed E-state index contributed by atoms with van der Waals surface area (Å²) in [5.74, 6) is 0.696. The summed E-state index contributed by atoms with van der Waals surface area (Å²) >= 11 is 0. The van der Waals surface area contributed by atoms with E-state index in [-0.39, 0.29) is 11.2 Å². The van der Waals surface area contributed by atoms with Crippen molar-refractivity contribution in [1.29, 1.82) is 0 Å². The second-order valence-corrected chi connectivity index (χ2v) is 5.51. The number of aromatic nitrogens is 4. The largest absolute Gasteiger partial charge is 0.343 e. The number of aryl methyl sites for hydroxylation is 1. The Morgan fingerprint density at radius 1 is 1.18 bits per heavy atom. The lowest BCUT2D eigenvalue weighted by Gasteiger charge is -2.21. The summed E-state index contributed by atoms with van der Waals surface area (Å²) in [5.41, 5.74) is 1.07. The van der Waals surface area contributed by atoms with Crippen LogP contribution in [0.5, 0.6) is 0 Å². The monoisotopic (exact) mass is 305 g/mol. The van der Waals surface area contributed by atoms with E-state index in [1.165, 1.54) is 11.6 Å². The Morgan fingerprint density at radius 3 is 2.27 bits per heavy atom. The minimum absolute atomic E-state index is 0.328. The van der Waals surface area contributed by atoms with Gasteiger partial charge in [-0.25, -0.2) is 4.79 Å². The van der Waals surface area contributed by atoms with Gasteiger partial charge in [-0.3, -0.25) is 13.9 Å². The maximum atomic E-state index is 12.6. The molecule has 2 aromatic heterocycles. The van der Waals surface area contributed by atoms with Crippen molar-refractivity contribution in [2.24, 2.45) is 14.1 Å². The first-order valence-electron chi connectivity index (χ1n) is 7.39. The van der Waals surface area contributed by atoms with Crippen molar-refractivity contribution < 1.29 is 0 Å². The predicted molar refractivity (Wildman–Crippen MR) is 88.6 cm³/mol. The van der Waals surface area contributed by atoms with Crippen LogP contribution in [0.1, 0.15) is 20.8 Å². The molecule has 0 amide bonds. The van der Waals surface area contributed by atoms with Gasteiger partial charge in [0.05, 0.1) is 0 Å². The Balaban J connectivity index is 2.95. The molecule has 0 bridgehead atoms. The van der Waals surface area contributed by atoms with Crippen LogP contribution in [0.2, 0.25) is 0 Å². The van der Waals surface area contributed by atoms with Gasteiger partial charge in [0.15, 0.2) is 11.2 Å². The summed E-state index contributed by atoms with van der Waals surface area (Å²) in [4.78, 5) is 31.3. The molecule has 0 N–H and O–H groups in total. The lowest BCUT2D eigenvalue weighted by Crippen LogP contribution is -2.37. The molecule has 0 aliphatic carbocycles. The molecular formula is C15H23N5O2. The fourth-order valence-electron chi connectivity index (χ4n) is 2.60. The second kappa shape index (κ2) is 5.82. The molecule has 0 aliphatic rings. The molecule has 0 unspecified atom stereocenters. The van der Waals surface area contributed by atoms with Gasteiger partial charge in [-0.1, -0.05) is 12.2 Å². The third-order valence-corrected chi connectivity index (χ3v) is 3.80. The summed E-state index contributed by atoms with van der Waals surface area (Å²) < 4.78 is 4.38. The summed E-state index contributed by atoms with van der Waals surface area (Å²) in [6.07, 6.45) is 0. The number of hydrogen-bond acceptors (Lipinski definition) is 4. The van der Waals surface area contributed by atoms with Crippen LogP contribution in [-0.4, -0.2) is 31.8 Å². The number of imidazole rings is 1. The average Bonchev–Trinajstić information content (AvgIpc) is 2.83. The first-order chi connectivity index (χ1) is 10.3. The van der Waals surface area contributed by atoms with Crippen LogP contribution in [0.4, 0.5) is 5.95 Å². The van der Waals surface area contributed by atoms with E-state index in [9.17, 15) is 9.59 Å². The first kappa shape index (κ1) is 16.1. The van der Waals surface area contributed by atoms with E-state index in [1.807, 2.05) is 25.3 Å². The Morgan fingerprint density at radius 2 is 1.77 bits per heavy atom. The molecule has 0 radical (unpaired) electrons. The number of nitrogens with zero attached hydrogens (tertiary/aromatic N) is 5. The van der Waals surface area contributed by atoms with Gasteiger partial charge in [-0.05, 0) is 20.8 Å². The van der Waals surface area contributed by atoms with Crippen LogP contribution >= 0.6 is 0 Å². The fraction of sp³-hybridized carbons (Fsp3) is 0.533. The van der Waals surface area contributed by atoms with Crippen molar-refractivity contribution in [3.63, 3.8) is 0 Å². The van der Waals surface area contributed by atoms with Gasteiger partial charge in [0, 0.05) is 33.7 Å². The van der Waals surface area contributed by atoms with Gasteiger partial charge >= 0.3 is 5.69 Å². The number of anilines is 1. The van der Waals surface area contributed by atoms with E-state index in [4.69, 9.17) is 0 Å². The number of hydrogen-bond donors (Lipinski definition) is 0. The average molecular weight is 305 g/mol. The van der Waals surface area contributed by atoms with E-state index >= 15 is 0 Å². The Hall–Kier alpha value is -2.31. The van der Waals surface area contributed by atoms with Crippen molar-refractivity contribution in [2.45, 2.75) is 27.3 Å².